The van der Waals surface area contributed by atoms with Crippen LogP contribution < -0.4 is 10.5 Å². The molecule has 0 heterocycles. The quantitative estimate of drug-likeness (QED) is 0.586. The van der Waals surface area contributed by atoms with Gasteiger partial charge in [-0.1, -0.05) is 32.6 Å². The zero-order chi connectivity index (χ0) is 10.6. The molecule has 0 amide bonds. The van der Waals surface area contributed by atoms with E-state index < -0.39 is 0 Å². The minimum Gasteiger partial charge on any atom is -0.489 e. The lowest BCUT2D eigenvalue weighted by Gasteiger charge is -2.13. The molecule has 0 saturated carbocycles. The standard InChI is InChI=1S/C12H17NO/c1-4-7-14-12-8-10(13)5-6-11(12)9(2)3/h4-6,8-9H,1,7,13H2,2-3H3. The number of nitrogen functional groups attached to an aromatic ring is 1. The Kier molecular flexibility index (Phi) is 3.57. The third kappa shape index (κ3) is 2.52. The molecule has 0 aliphatic heterocycles. The fraction of sp³-hybridized carbons (Fsp3) is 0.333. The Morgan fingerprint density at radius 3 is 2.79 bits per heavy atom. The van der Waals surface area contributed by atoms with Crippen molar-refractivity contribution in [3.05, 3.63) is 36.4 Å². The number of hydrogen-bond acceptors (Lipinski definition) is 2. The number of anilines is 1. The van der Waals surface area contributed by atoms with Crippen molar-refractivity contribution in [3.63, 3.8) is 0 Å². The Labute approximate surface area is 85.4 Å². The Balaban J connectivity index is 2.96. The van der Waals surface area contributed by atoms with E-state index in [-0.39, 0.29) is 0 Å². The van der Waals surface area contributed by atoms with Gasteiger partial charge >= 0.3 is 0 Å². The van der Waals surface area contributed by atoms with Gasteiger partial charge < -0.3 is 10.5 Å². The summed E-state index contributed by atoms with van der Waals surface area (Å²) in [6, 6.07) is 5.77. The largest absolute Gasteiger partial charge is 0.489 e. The van der Waals surface area contributed by atoms with E-state index in [4.69, 9.17) is 10.5 Å². The maximum atomic E-state index is 5.69. The van der Waals surface area contributed by atoms with Crippen LogP contribution in [0.4, 0.5) is 5.69 Å². The molecule has 0 unspecified atom stereocenters. The second-order valence-corrected chi connectivity index (χ2v) is 3.55. The fourth-order valence-corrected chi connectivity index (χ4v) is 1.30. The van der Waals surface area contributed by atoms with E-state index in [1.54, 1.807) is 6.08 Å². The summed E-state index contributed by atoms with van der Waals surface area (Å²) in [6.45, 7) is 8.40. The third-order valence-electron chi connectivity index (χ3n) is 2.02. The van der Waals surface area contributed by atoms with Gasteiger partial charge in [0.2, 0.25) is 0 Å². The Hall–Kier alpha value is -1.44. The normalized spacial score (nSPS) is 10.2. The molecule has 0 spiro atoms. The van der Waals surface area contributed by atoms with Crippen LogP contribution in [0.15, 0.2) is 30.9 Å². The fourth-order valence-electron chi connectivity index (χ4n) is 1.30. The van der Waals surface area contributed by atoms with Gasteiger partial charge in [-0.2, -0.15) is 0 Å². The van der Waals surface area contributed by atoms with E-state index in [1.807, 2.05) is 18.2 Å². The summed E-state index contributed by atoms with van der Waals surface area (Å²) in [5, 5.41) is 0. The minimum absolute atomic E-state index is 0.440. The van der Waals surface area contributed by atoms with Crippen molar-refractivity contribution < 1.29 is 4.74 Å². The lowest BCUT2D eigenvalue weighted by Crippen LogP contribution is -2.00. The predicted molar refractivity (Wildman–Crippen MR) is 60.6 cm³/mol. The molecule has 0 atom stereocenters. The smallest absolute Gasteiger partial charge is 0.125 e. The van der Waals surface area contributed by atoms with Gasteiger partial charge in [0.15, 0.2) is 0 Å². The molecule has 14 heavy (non-hydrogen) atoms. The molecular formula is C12H17NO. The summed E-state index contributed by atoms with van der Waals surface area (Å²) in [5.74, 6) is 1.30. The first-order valence-corrected chi connectivity index (χ1v) is 4.78. The van der Waals surface area contributed by atoms with E-state index in [1.165, 1.54) is 5.56 Å². The van der Waals surface area contributed by atoms with E-state index in [2.05, 4.69) is 20.4 Å². The maximum absolute atomic E-state index is 5.69. The van der Waals surface area contributed by atoms with Crippen LogP contribution in [-0.4, -0.2) is 6.61 Å². The highest BCUT2D eigenvalue weighted by Gasteiger charge is 2.07. The molecule has 0 aliphatic carbocycles. The number of hydrogen-bond donors (Lipinski definition) is 1. The maximum Gasteiger partial charge on any atom is 0.125 e. The predicted octanol–water partition coefficient (Wildman–Crippen LogP) is 2.96. The lowest BCUT2D eigenvalue weighted by atomic mass is 10.0. The van der Waals surface area contributed by atoms with Crippen LogP contribution in [-0.2, 0) is 0 Å². The van der Waals surface area contributed by atoms with Crippen molar-refractivity contribution >= 4 is 5.69 Å². The molecule has 0 bridgehead atoms. The van der Waals surface area contributed by atoms with Gasteiger partial charge in [-0.3, -0.25) is 0 Å². The Bertz CT molecular complexity index is 318. The molecule has 0 fully saturated rings. The molecule has 0 aliphatic rings. The first-order chi connectivity index (χ1) is 6.65. The van der Waals surface area contributed by atoms with Gasteiger partial charge in [0, 0.05) is 11.8 Å². The topological polar surface area (TPSA) is 35.2 Å². The average Bonchev–Trinajstić information content (AvgIpc) is 2.14. The Morgan fingerprint density at radius 2 is 2.21 bits per heavy atom. The number of benzene rings is 1. The van der Waals surface area contributed by atoms with Gasteiger partial charge in [-0.25, -0.2) is 0 Å². The van der Waals surface area contributed by atoms with Crippen molar-refractivity contribution in [3.8, 4) is 5.75 Å². The molecule has 2 N–H and O–H groups in total. The van der Waals surface area contributed by atoms with Crippen molar-refractivity contribution in [2.75, 3.05) is 12.3 Å². The van der Waals surface area contributed by atoms with E-state index >= 15 is 0 Å². The summed E-state index contributed by atoms with van der Waals surface area (Å²) in [5.41, 5.74) is 7.61. The van der Waals surface area contributed by atoms with Crippen LogP contribution in [0, 0.1) is 0 Å². The molecule has 0 saturated heterocycles. The molecule has 2 nitrogen and oxygen atoms in total. The molecule has 1 aromatic carbocycles. The third-order valence-corrected chi connectivity index (χ3v) is 2.02. The molecule has 1 rings (SSSR count). The summed E-state index contributed by atoms with van der Waals surface area (Å²) in [6.07, 6.45) is 1.73. The van der Waals surface area contributed by atoms with E-state index in [0.717, 1.165) is 11.4 Å². The van der Waals surface area contributed by atoms with E-state index in [0.29, 0.717) is 12.5 Å². The van der Waals surface area contributed by atoms with E-state index in [9.17, 15) is 0 Å². The van der Waals surface area contributed by atoms with Crippen LogP contribution in [0.25, 0.3) is 0 Å². The summed E-state index contributed by atoms with van der Waals surface area (Å²) in [7, 11) is 0. The second-order valence-electron chi connectivity index (χ2n) is 3.55. The summed E-state index contributed by atoms with van der Waals surface area (Å²) < 4.78 is 5.53. The molecule has 1 aromatic rings. The van der Waals surface area contributed by atoms with Gasteiger partial charge in [-0.05, 0) is 17.5 Å². The lowest BCUT2D eigenvalue weighted by molar-refractivity contribution is 0.358. The number of ether oxygens (including phenoxy) is 1. The van der Waals surface area contributed by atoms with Gasteiger partial charge in [0.1, 0.15) is 12.4 Å². The zero-order valence-electron chi connectivity index (χ0n) is 8.79. The number of nitrogens with two attached hydrogens (primary N) is 1. The van der Waals surface area contributed by atoms with Gasteiger partial charge in [0.25, 0.3) is 0 Å². The molecule has 0 radical (unpaired) electrons. The zero-order valence-corrected chi connectivity index (χ0v) is 8.79. The molecule has 76 valence electrons. The Morgan fingerprint density at radius 1 is 1.50 bits per heavy atom. The van der Waals surface area contributed by atoms with Crippen molar-refractivity contribution in [1.29, 1.82) is 0 Å². The van der Waals surface area contributed by atoms with Gasteiger partial charge in [-0.15, -0.1) is 0 Å². The molecule has 0 aromatic heterocycles. The van der Waals surface area contributed by atoms with Crippen LogP contribution in [0.5, 0.6) is 5.75 Å². The van der Waals surface area contributed by atoms with Crippen LogP contribution in [0.2, 0.25) is 0 Å². The van der Waals surface area contributed by atoms with Crippen LogP contribution in [0.1, 0.15) is 25.3 Å². The first-order valence-electron chi connectivity index (χ1n) is 4.78. The monoisotopic (exact) mass is 191 g/mol. The van der Waals surface area contributed by atoms with Crippen LogP contribution >= 0.6 is 0 Å². The molecule has 2 heteroatoms. The van der Waals surface area contributed by atoms with Crippen LogP contribution in [0.3, 0.4) is 0 Å². The highest BCUT2D eigenvalue weighted by Crippen LogP contribution is 2.28. The number of rotatable bonds is 4. The minimum atomic E-state index is 0.440. The van der Waals surface area contributed by atoms with Crippen molar-refractivity contribution in [2.24, 2.45) is 0 Å². The highest BCUT2D eigenvalue weighted by atomic mass is 16.5. The summed E-state index contributed by atoms with van der Waals surface area (Å²) in [4.78, 5) is 0. The first kappa shape index (κ1) is 10.6. The van der Waals surface area contributed by atoms with Crippen molar-refractivity contribution in [2.45, 2.75) is 19.8 Å². The van der Waals surface area contributed by atoms with Crippen molar-refractivity contribution in [1.82, 2.24) is 0 Å². The highest BCUT2D eigenvalue weighted by molar-refractivity contribution is 5.49. The second kappa shape index (κ2) is 4.70. The van der Waals surface area contributed by atoms with Gasteiger partial charge in [0.05, 0.1) is 0 Å². The molecular weight excluding hydrogens is 174 g/mol. The average molecular weight is 191 g/mol. The SMILES string of the molecule is C=CCOc1cc(N)ccc1C(C)C. The summed E-state index contributed by atoms with van der Waals surface area (Å²) >= 11 is 0.